The largest absolute Gasteiger partial charge is 0.491 e. The van der Waals surface area contributed by atoms with E-state index in [-0.39, 0.29) is 19.3 Å². The number of aliphatic hydroxyl groups excluding tert-OH is 2. The molecule has 0 radical (unpaired) electrons. The third-order valence-corrected chi connectivity index (χ3v) is 4.28. The molecule has 0 amide bonds. The van der Waals surface area contributed by atoms with Crippen LogP contribution in [0.1, 0.15) is 6.92 Å². The summed E-state index contributed by atoms with van der Waals surface area (Å²) in [6, 6.07) is 9.33. The molecule has 8 heteroatoms. The second-order valence-corrected chi connectivity index (χ2v) is 7.00. The molecule has 0 spiro atoms. The van der Waals surface area contributed by atoms with Crippen LogP contribution in [0.25, 0.3) is 22.6 Å². The number of benzene rings is 1. The van der Waals surface area contributed by atoms with Gasteiger partial charge in [0, 0.05) is 28.8 Å². The third-order valence-electron chi connectivity index (χ3n) is 3.85. The van der Waals surface area contributed by atoms with Gasteiger partial charge in [-0.05, 0) is 53.2 Å². The summed E-state index contributed by atoms with van der Waals surface area (Å²) in [5, 5.41) is 21.9. The minimum Gasteiger partial charge on any atom is -0.491 e. The lowest BCUT2D eigenvalue weighted by Gasteiger charge is -2.16. The molecule has 0 saturated carbocycles. The molecule has 7 nitrogen and oxygen atoms in total. The number of aromatic nitrogens is 3. The van der Waals surface area contributed by atoms with Gasteiger partial charge in [-0.2, -0.15) is 0 Å². The Morgan fingerprint density at radius 1 is 1.31 bits per heavy atom. The molecule has 2 atom stereocenters. The molecule has 0 aliphatic carbocycles. The van der Waals surface area contributed by atoms with Crippen LogP contribution in [0, 0.1) is 0 Å². The maximum Gasteiger partial charge on any atom is 0.157 e. The molecule has 2 unspecified atom stereocenters. The molecule has 26 heavy (non-hydrogen) atoms. The van der Waals surface area contributed by atoms with Crippen LogP contribution < -0.4 is 10.1 Å². The van der Waals surface area contributed by atoms with E-state index in [1.54, 1.807) is 6.20 Å². The lowest BCUT2D eigenvalue weighted by atomic mass is 10.2. The van der Waals surface area contributed by atoms with Crippen molar-refractivity contribution in [2.75, 3.05) is 19.8 Å². The summed E-state index contributed by atoms with van der Waals surface area (Å²) in [5.74, 6) is 1.40. The van der Waals surface area contributed by atoms with Crippen molar-refractivity contribution in [1.82, 2.24) is 20.3 Å². The minimum absolute atomic E-state index is 0.0311. The molecular weight excluding hydrogens is 400 g/mol. The molecule has 3 aromatic rings. The highest BCUT2D eigenvalue weighted by molar-refractivity contribution is 9.10. The molecule has 0 bridgehead atoms. The van der Waals surface area contributed by atoms with Gasteiger partial charge in [-0.15, -0.1) is 0 Å². The van der Waals surface area contributed by atoms with Gasteiger partial charge in [0.1, 0.15) is 29.8 Å². The highest BCUT2D eigenvalue weighted by atomic mass is 79.9. The van der Waals surface area contributed by atoms with Crippen LogP contribution in [-0.4, -0.2) is 57.1 Å². The molecule has 3 rings (SSSR count). The summed E-state index contributed by atoms with van der Waals surface area (Å²) < 4.78 is 6.48. The van der Waals surface area contributed by atoms with Gasteiger partial charge in [0.25, 0.3) is 0 Å². The summed E-state index contributed by atoms with van der Waals surface area (Å²) >= 11 is 3.39. The number of halogens is 1. The topological polar surface area (TPSA) is 103 Å². The minimum atomic E-state index is -0.649. The van der Waals surface area contributed by atoms with Gasteiger partial charge < -0.3 is 25.3 Å². The van der Waals surface area contributed by atoms with E-state index in [2.05, 4.69) is 36.2 Å². The number of fused-ring (bicyclic) bond motifs is 1. The number of imidazole rings is 1. The van der Waals surface area contributed by atoms with Gasteiger partial charge in [-0.25, -0.2) is 9.97 Å². The summed E-state index contributed by atoms with van der Waals surface area (Å²) in [6.45, 7) is 2.41. The third kappa shape index (κ3) is 4.79. The monoisotopic (exact) mass is 420 g/mol. The van der Waals surface area contributed by atoms with Crippen molar-refractivity contribution in [2.24, 2.45) is 0 Å². The maximum atomic E-state index is 9.90. The van der Waals surface area contributed by atoms with E-state index >= 15 is 0 Å². The highest BCUT2D eigenvalue weighted by Gasteiger charge is 2.09. The number of aromatic amines is 1. The first-order valence-electron chi connectivity index (χ1n) is 8.32. The van der Waals surface area contributed by atoms with E-state index in [9.17, 15) is 5.11 Å². The lowest BCUT2D eigenvalue weighted by Crippen LogP contribution is -2.38. The fourth-order valence-corrected chi connectivity index (χ4v) is 2.69. The Morgan fingerprint density at radius 3 is 2.81 bits per heavy atom. The SMILES string of the molecule is CC(CO)NCC(O)COc1ccc(-c2nc3cc(Br)cnc3[nH]2)cc1. The van der Waals surface area contributed by atoms with E-state index in [4.69, 9.17) is 9.84 Å². The van der Waals surface area contributed by atoms with E-state index < -0.39 is 6.10 Å². The van der Waals surface area contributed by atoms with Crippen molar-refractivity contribution in [3.63, 3.8) is 0 Å². The standard InChI is InChI=1S/C18H21BrN4O3/c1-11(9-24)20-8-14(25)10-26-15-4-2-12(3-5-15)17-22-16-6-13(19)7-21-18(16)23-17/h2-7,11,14,20,24-25H,8-10H2,1H3,(H,21,22,23). The van der Waals surface area contributed by atoms with Crippen molar-refractivity contribution in [1.29, 1.82) is 0 Å². The summed E-state index contributed by atoms with van der Waals surface area (Å²) in [7, 11) is 0. The number of nitrogens with zero attached hydrogens (tertiary/aromatic N) is 2. The molecule has 0 aliphatic rings. The van der Waals surface area contributed by atoms with Gasteiger partial charge in [0.15, 0.2) is 5.65 Å². The average Bonchev–Trinajstić information content (AvgIpc) is 3.07. The highest BCUT2D eigenvalue weighted by Crippen LogP contribution is 2.23. The number of hydrogen-bond donors (Lipinski definition) is 4. The second-order valence-electron chi connectivity index (χ2n) is 6.09. The molecule has 0 saturated heterocycles. The number of pyridine rings is 1. The first kappa shape index (κ1) is 18.8. The van der Waals surface area contributed by atoms with Crippen molar-refractivity contribution in [2.45, 2.75) is 19.1 Å². The number of ether oxygens (including phenoxy) is 1. The maximum absolute atomic E-state index is 9.90. The number of hydrogen-bond acceptors (Lipinski definition) is 6. The molecule has 0 aliphatic heterocycles. The molecule has 2 heterocycles. The fraction of sp³-hybridized carbons (Fsp3) is 0.333. The van der Waals surface area contributed by atoms with Crippen LogP contribution in [0.15, 0.2) is 41.0 Å². The Balaban J connectivity index is 1.59. The van der Waals surface area contributed by atoms with Crippen LogP contribution >= 0.6 is 15.9 Å². The first-order valence-corrected chi connectivity index (χ1v) is 9.11. The predicted octanol–water partition coefficient (Wildman–Crippen LogP) is 2.10. The van der Waals surface area contributed by atoms with Crippen LogP contribution in [0.5, 0.6) is 5.75 Å². The van der Waals surface area contributed by atoms with Crippen molar-refractivity contribution >= 4 is 27.1 Å². The zero-order valence-electron chi connectivity index (χ0n) is 14.3. The molecule has 138 valence electrons. The van der Waals surface area contributed by atoms with Gasteiger partial charge >= 0.3 is 0 Å². The Morgan fingerprint density at radius 2 is 2.08 bits per heavy atom. The number of nitrogens with one attached hydrogen (secondary N) is 2. The predicted molar refractivity (Wildman–Crippen MR) is 103 cm³/mol. The van der Waals surface area contributed by atoms with Crippen molar-refractivity contribution in [3.05, 3.63) is 41.0 Å². The Hall–Kier alpha value is -2.00. The molecule has 1 aromatic carbocycles. The molecule has 0 fully saturated rings. The fourth-order valence-electron chi connectivity index (χ4n) is 2.37. The summed E-state index contributed by atoms with van der Waals surface area (Å²) in [4.78, 5) is 12.0. The Labute approximate surface area is 159 Å². The molecule has 2 aromatic heterocycles. The van der Waals surface area contributed by atoms with E-state index in [1.165, 1.54) is 0 Å². The zero-order chi connectivity index (χ0) is 18.5. The van der Waals surface area contributed by atoms with Gasteiger partial charge in [-0.1, -0.05) is 0 Å². The summed E-state index contributed by atoms with van der Waals surface area (Å²) in [6.07, 6.45) is 1.08. The van der Waals surface area contributed by atoms with Gasteiger partial charge in [0.2, 0.25) is 0 Å². The molecular formula is C18H21BrN4O3. The average molecular weight is 421 g/mol. The van der Waals surface area contributed by atoms with Crippen molar-refractivity contribution < 1.29 is 14.9 Å². The van der Waals surface area contributed by atoms with Crippen LogP contribution in [0.4, 0.5) is 0 Å². The van der Waals surface area contributed by atoms with E-state index in [0.717, 1.165) is 27.0 Å². The number of rotatable bonds is 8. The second kappa shape index (κ2) is 8.59. The summed E-state index contributed by atoms with van der Waals surface area (Å²) in [5.41, 5.74) is 2.45. The quantitative estimate of drug-likeness (QED) is 0.444. The smallest absolute Gasteiger partial charge is 0.157 e. The normalized spacial score (nSPS) is 13.7. The van der Waals surface area contributed by atoms with Gasteiger partial charge in [-0.3, -0.25) is 0 Å². The van der Waals surface area contributed by atoms with Crippen LogP contribution in [0.2, 0.25) is 0 Å². The number of H-pyrrole nitrogens is 1. The molecule has 4 N–H and O–H groups in total. The van der Waals surface area contributed by atoms with Crippen molar-refractivity contribution in [3.8, 4) is 17.1 Å². The number of aliphatic hydroxyl groups is 2. The Kier molecular flexibility index (Phi) is 6.20. The van der Waals surface area contributed by atoms with E-state index in [0.29, 0.717) is 12.3 Å². The first-order chi connectivity index (χ1) is 12.5. The van der Waals surface area contributed by atoms with Crippen LogP contribution in [-0.2, 0) is 0 Å². The van der Waals surface area contributed by atoms with Crippen LogP contribution in [0.3, 0.4) is 0 Å². The van der Waals surface area contributed by atoms with E-state index in [1.807, 2.05) is 37.3 Å². The lowest BCUT2D eigenvalue weighted by molar-refractivity contribution is 0.101. The van der Waals surface area contributed by atoms with Gasteiger partial charge in [0.05, 0.1) is 6.61 Å². The zero-order valence-corrected chi connectivity index (χ0v) is 15.9. The Bertz CT molecular complexity index is 853.